The van der Waals surface area contributed by atoms with Gasteiger partial charge in [-0.05, 0) is 0 Å². The number of hydrogen-bond acceptors (Lipinski definition) is 2. The van der Waals surface area contributed by atoms with Gasteiger partial charge in [0.2, 0.25) is 0 Å². The first-order valence-electron chi connectivity index (χ1n) is 1.77. The molecule has 2 N–H and O–H groups in total. The molecule has 0 amide bonds. The summed E-state index contributed by atoms with van der Waals surface area (Å²) in [4.78, 5) is 19.1. The van der Waals surface area contributed by atoms with E-state index in [1.54, 1.807) is 0 Å². The van der Waals surface area contributed by atoms with Crippen molar-refractivity contribution in [2.45, 2.75) is 0 Å². The molecule has 5 heteroatoms. The average molecular weight is 170 g/mol. The van der Waals surface area contributed by atoms with Gasteiger partial charge in [-0.3, -0.25) is 0 Å². The van der Waals surface area contributed by atoms with Gasteiger partial charge < -0.3 is 25.1 Å². The number of carboxylic acid groups (broad SMARTS) is 2. The van der Waals surface area contributed by atoms with Crippen LogP contribution in [0.4, 0.5) is 0 Å². The molecule has 0 saturated carbocycles. The number of carbonyl (C=O) groups is 2. The maximum Gasteiger partial charge on any atom is 2.00 e. The molecule has 0 saturated heterocycles. The minimum Gasteiger partial charge on any atom is -0.478 e. The van der Waals surface area contributed by atoms with Crippen LogP contribution in [0.1, 0.15) is 0 Å². The summed E-state index contributed by atoms with van der Waals surface area (Å²) in [5.41, 5.74) is 0. The van der Waals surface area contributed by atoms with Crippen LogP contribution in [0.2, 0.25) is 0 Å². The second kappa shape index (κ2) is 12.2. The van der Waals surface area contributed by atoms with E-state index in [1.807, 2.05) is 0 Å². The molecule has 0 heterocycles. The van der Waals surface area contributed by atoms with Crippen molar-refractivity contribution >= 4 is 35.0 Å². The molecule has 4 nitrogen and oxygen atoms in total. The maximum atomic E-state index is 9.55. The third-order valence-corrected chi connectivity index (χ3v) is 0.368. The van der Waals surface area contributed by atoms with Crippen molar-refractivity contribution in [1.82, 2.24) is 0 Å². The Hall–Kier alpha value is -0.554. The minimum absolute atomic E-state index is 0. The fraction of sp³-hybridized carbons (Fsp3) is 0. The topological polar surface area (TPSA) is 74.6 Å². The molecule has 60 valence electrons. The van der Waals surface area contributed by atoms with Gasteiger partial charge in [0.15, 0.2) is 0 Å². The van der Waals surface area contributed by atoms with E-state index in [2.05, 4.69) is 0 Å². The van der Waals surface area contributed by atoms with Crippen LogP contribution < -0.4 is 0 Å². The zero-order chi connectivity index (χ0) is 6.57. The molecule has 0 fully saturated rings. The number of aliphatic carboxylic acids is 2. The number of carboxylic acids is 2. The van der Waals surface area contributed by atoms with Crippen LogP contribution in [0.5, 0.6) is 0 Å². The van der Waals surface area contributed by atoms with E-state index < -0.39 is 11.9 Å². The predicted molar refractivity (Wildman–Crippen MR) is 43.0 cm³/mol. The van der Waals surface area contributed by atoms with Crippen molar-refractivity contribution in [1.29, 1.82) is 0 Å². The SMILES string of the molecule is O=C(O)/C=C/C(=O)O.[CH3-].[CH3-].[Mg+2]. The van der Waals surface area contributed by atoms with Crippen LogP contribution in [0.3, 0.4) is 0 Å². The third kappa shape index (κ3) is 26.5. The number of rotatable bonds is 2. The van der Waals surface area contributed by atoms with Crippen LogP contribution in [0.15, 0.2) is 12.2 Å². The molecule has 0 unspecified atom stereocenters. The summed E-state index contributed by atoms with van der Waals surface area (Å²) in [5.74, 6) is -2.51. The Kier molecular flexibility index (Phi) is 24.8. The first-order valence-corrected chi connectivity index (χ1v) is 1.77. The molecule has 11 heavy (non-hydrogen) atoms. The molecule has 0 radical (unpaired) electrons. The quantitative estimate of drug-likeness (QED) is 0.353. The van der Waals surface area contributed by atoms with Gasteiger partial charge in [0.1, 0.15) is 0 Å². The summed E-state index contributed by atoms with van der Waals surface area (Å²) in [6, 6.07) is 0. The van der Waals surface area contributed by atoms with E-state index in [0.717, 1.165) is 0 Å². The summed E-state index contributed by atoms with van der Waals surface area (Å²) < 4.78 is 0. The molecule has 0 bridgehead atoms. The summed E-state index contributed by atoms with van der Waals surface area (Å²) in [6.07, 6.45) is 1.12. The van der Waals surface area contributed by atoms with E-state index in [4.69, 9.17) is 10.2 Å². The molecule has 0 aliphatic heterocycles. The van der Waals surface area contributed by atoms with Gasteiger partial charge in [0, 0.05) is 12.2 Å². The van der Waals surface area contributed by atoms with Gasteiger partial charge in [0.05, 0.1) is 0 Å². The van der Waals surface area contributed by atoms with Gasteiger partial charge in [-0.15, -0.1) is 0 Å². The van der Waals surface area contributed by atoms with Crippen molar-refractivity contribution in [3.05, 3.63) is 27.0 Å². The van der Waals surface area contributed by atoms with E-state index in [1.165, 1.54) is 0 Å². The monoisotopic (exact) mass is 170 g/mol. The van der Waals surface area contributed by atoms with Crippen molar-refractivity contribution < 1.29 is 19.8 Å². The van der Waals surface area contributed by atoms with E-state index >= 15 is 0 Å². The smallest absolute Gasteiger partial charge is 0.478 e. The van der Waals surface area contributed by atoms with Gasteiger partial charge in [-0.25, -0.2) is 9.59 Å². The molecule has 0 aliphatic rings. The van der Waals surface area contributed by atoms with Gasteiger partial charge >= 0.3 is 35.0 Å². The molecule has 0 spiro atoms. The summed E-state index contributed by atoms with van der Waals surface area (Å²) >= 11 is 0. The molecule has 0 aromatic rings. The minimum atomic E-state index is -1.26. The standard InChI is InChI=1S/C4H4O4.2CH3.Mg/c5-3(6)1-2-4(7)8;;;/h1-2H,(H,5,6)(H,7,8);2*1H3;/q;2*-1;+2/b2-1+;;;. The van der Waals surface area contributed by atoms with E-state index in [0.29, 0.717) is 12.2 Å². The molecular weight excluding hydrogens is 160 g/mol. The summed E-state index contributed by atoms with van der Waals surface area (Å²) in [5, 5.41) is 15.6. The van der Waals surface area contributed by atoms with Crippen LogP contribution in [0, 0.1) is 14.9 Å². The third-order valence-electron chi connectivity index (χ3n) is 0.368. The molecule has 0 atom stereocenters. The maximum absolute atomic E-state index is 9.55. The van der Waals surface area contributed by atoms with Crippen molar-refractivity contribution in [2.24, 2.45) is 0 Å². The van der Waals surface area contributed by atoms with E-state index in [9.17, 15) is 9.59 Å². The Bertz CT molecular complexity index is 126. The first-order chi connectivity index (χ1) is 3.63. The van der Waals surface area contributed by atoms with Crippen LogP contribution in [0.25, 0.3) is 0 Å². The first kappa shape index (κ1) is 22.4. The Morgan fingerprint density at radius 3 is 1.18 bits per heavy atom. The van der Waals surface area contributed by atoms with Gasteiger partial charge in [-0.1, -0.05) is 0 Å². The second-order valence-electron chi connectivity index (χ2n) is 1.01. The molecule has 0 aromatic heterocycles. The molecular formula is C6H10MgO4. The fourth-order valence-electron chi connectivity index (χ4n) is 0.143. The zero-order valence-corrected chi connectivity index (χ0v) is 7.99. The van der Waals surface area contributed by atoms with Gasteiger partial charge in [0.25, 0.3) is 0 Å². The van der Waals surface area contributed by atoms with Crippen LogP contribution >= 0.6 is 0 Å². The molecule has 0 aliphatic carbocycles. The Balaban J connectivity index is -0.0000000817. The summed E-state index contributed by atoms with van der Waals surface area (Å²) in [7, 11) is 0. The Labute approximate surface area is 82.1 Å². The van der Waals surface area contributed by atoms with Crippen molar-refractivity contribution in [3.8, 4) is 0 Å². The molecule has 0 aromatic carbocycles. The van der Waals surface area contributed by atoms with E-state index in [-0.39, 0.29) is 37.9 Å². The normalized spacial score (nSPS) is 6.91. The molecule has 0 rings (SSSR count). The van der Waals surface area contributed by atoms with Crippen molar-refractivity contribution in [3.63, 3.8) is 0 Å². The second-order valence-corrected chi connectivity index (χ2v) is 1.01. The van der Waals surface area contributed by atoms with Gasteiger partial charge in [-0.2, -0.15) is 0 Å². The Morgan fingerprint density at radius 1 is 0.909 bits per heavy atom. The fourth-order valence-corrected chi connectivity index (χ4v) is 0.143. The predicted octanol–water partition coefficient (Wildman–Crippen LogP) is 0.232. The number of hydrogen-bond donors (Lipinski definition) is 2. The average Bonchev–Trinajstić information content (AvgIpc) is 1.61. The zero-order valence-electron chi connectivity index (χ0n) is 6.57. The Morgan fingerprint density at radius 2 is 1.09 bits per heavy atom. The summed E-state index contributed by atoms with van der Waals surface area (Å²) in [6.45, 7) is 0. The van der Waals surface area contributed by atoms with Crippen molar-refractivity contribution in [2.75, 3.05) is 0 Å². The van der Waals surface area contributed by atoms with Crippen LogP contribution in [-0.4, -0.2) is 45.2 Å². The largest absolute Gasteiger partial charge is 2.00 e. The van der Waals surface area contributed by atoms with Crippen LogP contribution in [-0.2, 0) is 9.59 Å².